The standard InChI is InChI=1S/C12H17BrN2O4/c1-2-5-14-7-10(16)8-19-12-4-3-9(13)6-11(12)15(17)18/h3-4,6,10,14,16H,2,5,7-8H2,1H3. The molecule has 0 spiro atoms. The predicted molar refractivity (Wildman–Crippen MR) is 75.5 cm³/mol. The molecule has 0 aliphatic heterocycles. The van der Waals surface area contributed by atoms with E-state index in [1.54, 1.807) is 6.07 Å². The second-order valence-electron chi connectivity index (χ2n) is 4.04. The molecule has 0 radical (unpaired) electrons. The Bertz CT molecular complexity index is 428. The Kier molecular flexibility index (Phi) is 6.75. The van der Waals surface area contributed by atoms with Crippen LogP contribution in [-0.2, 0) is 0 Å². The molecule has 0 amide bonds. The molecule has 0 heterocycles. The molecule has 1 atom stereocenters. The number of benzene rings is 1. The number of halogens is 1. The fraction of sp³-hybridized carbons (Fsp3) is 0.500. The van der Waals surface area contributed by atoms with E-state index < -0.39 is 11.0 Å². The summed E-state index contributed by atoms with van der Waals surface area (Å²) in [6.45, 7) is 3.26. The number of ether oxygens (including phenoxy) is 1. The van der Waals surface area contributed by atoms with E-state index in [-0.39, 0.29) is 18.0 Å². The maximum atomic E-state index is 10.9. The number of hydrogen-bond donors (Lipinski definition) is 2. The number of nitrogens with zero attached hydrogens (tertiary/aromatic N) is 1. The number of nitrogens with one attached hydrogen (secondary N) is 1. The van der Waals surface area contributed by atoms with Gasteiger partial charge in [0.15, 0.2) is 5.75 Å². The van der Waals surface area contributed by atoms with Gasteiger partial charge in [-0.25, -0.2) is 0 Å². The van der Waals surface area contributed by atoms with Crippen molar-refractivity contribution in [2.24, 2.45) is 0 Å². The summed E-state index contributed by atoms with van der Waals surface area (Å²) in [5.74, 6) is 0.155. The van der Waals surface area contributed by atoms with Crippen molar-refractivity contribution in [2.75, 3.05) is 19.7 Å². The molecule has 1 aromatic carbocycles. The minimum Gasteiger partial charge on any atom is -0.484 e. The Labute approximate surface area is 120 Å². The lowest BCUT2D eigenvalue weighted by Gasteiger charge is -2.13. The van der Waals surface area contributed by atoms with Crippen LogP contribution in [0.3, 0.4) is 0 Å². The summed E-state index contributed by atoms with van der Waals surface area (Å²) in [7, 11) is 0. The first-order valence-electron chi connectivity index (χ1n) is 6.00. The van der Waals surface area contributed by atoms with Crippen LogP contribution in [0.4, 0.5) is 5.69 Å². The Morgan fingerprint density at radius 1 is 1.58 bits per heavy atom. The number of rotatable bonds is 8. The van der Waals surface area contributed by atoms with E-state index >= 15 is 0 Å². The van der Waals surface area contributed by atoms with Crippen molar-refractivity contribution in [3.63, 3.8) is 0 Å². The third kappa shape index (κ3) is 5.54. The number of hydrogen-bond acceptors (Lipinski definition) is 5. The van der Waals surface area contributed by atoms with Crippen LogP contribution in [0.15, 0.2) is 22.7 Å². The van der Waals surface area contributed by atoms with Gasteiger partial charge < -0.3 is 15.2 Å². The van der Waals surface area contributed by atoms with Gasteiger partial charge in [0.25, 0.3) is 0 Å². The third-order valence-electron chi connectivity index (χ3n) is 2.36. The summed E-state index contributed by atoms with van der Waals surface area (Å²) in [6, 6.07) is 4.54. The van der Waals surface area contributed by atoms with Crippen LogP contribution >= 0.6 is 15.9 Å². The number of nitro benzene ring substituents is 1. The summed E-state index contributed by atoms with van der Waals surface area (Å²) >= 11 is 3.17. The fourth-order valence-electron chi connectivity index (χ4n) is 1.45. The van der Waals surface area contributed by atoms with Crippen LogP contribution in [0, 0.1) is 10.1 Å². The van der Waals surface area contributed by atoms with Gasteiger partial charge in [0.05, 0.1) is 4.92 Å². The summed E-state index contributed by atoms with van der Waals surface area (Å²) < 4.78 is 5.90. The average Bonchev–Trinajstić information content (AvgIpc) is 2.37. The van der Waals surface area contributed by atoms with E-state index in [4.69, 9.17) is 4.74 Å². The minimum absolute atomic E-state index is 0.0131. The molecular weight excluding hydrogens is 316 g/mol. The predicted octanol–water partition coefficient (Wildman–Crippen LogP) is 2.10. The highest BCUT2D eigenvalue weighted by atomic mass is 79.9. The van der Waals surface area contributed by atoms with Crippen LogP contribution in [0.1, 0.15) is 13.3 Å². The van der Waals surface area contributed by atoms with Crippen molar-refractivity contribution in [1.29, 1.82) is 0 Å². The van der Waals surface area contributed by atoms with E-state index in [0.717, 1.165) is 13.0 Å². The van der Waals surface area contributed by atoms with Gasteiger partial charge in [-0.05, 0) is 25.1 Å². The van der Waals surface area contributed by atoms with E-state index in [1.165, 1.54) is 12.1 Å². The van der Waals surface area contributed by atoms with Crippen molar-refractivity contribution < 1.29 is 14.8 Å². The minimum atomic E-state index is -0.699. The smallest absolute Gasteiger partial charge is 0.312 e. The second-order valence-corrected chi connectivity index (χ2v) is 4.95. The molecule has 0 bridgehead atoms. The first kappa shape index (κ1) is 15.9. The first-order valence-corrected chi connectivity index (χ1v) is 6.79. The SMILES string of the molecule is CCCNCC(O)COc1ccc(Br)cc1[N+](=O)[O-]. The fourth-order valence-corrected chi connectivity index (χ4v) is 1.79. The van der Waals surface area contributed by atoms with Crippen LogP contribution in [0.25, 0.3) is 0 Å². The molecule has 0 saturated heterocycles. The van der Waals surface area contributed by atoms with Gasteiger partial charge in [-0.1, -0.05) is 22.9 Å². The summed E-state index contributed by atoms with van der Waals surface area (Å²) in [4.78, 5) is 10.3. The number of nitro groups is 1. The van der Waals surface area contributed by atoms with Crippen molar-refractivity contribution in [2.45, 2.75) is 19.4 Å². The normalized spacial score (nSPS) is 12.2. The molecule has 0 aliphatic rings. The summed E-state index contributed by atoms with van der Waals surface area (Å²) in [6.07, 6.45) is 0.279. The lowest BCUT2D eigenvalue weighted by molar-refractivity contribution is -0.386. The topological polar surface area (TPSA) is 84.6 Å². The average molecular weight is 333 g/mol. The Hall–Kier alpha value is -1.18. The van der Waals surface area contributed by atoms with Gasteiger partial charge in [0, 0.05) is 17.1 Å². The molecule has 1 unspecified atom stereocenters. The highest BCUT2D eigenvalue weighted by Crippen LogP contribution is 2.30. The maximum absolute atomic E-state index is 10.9. The second kappa shape index (κ2) is 8.08. The van der Waals surface area contributed by atoms with Crippen LogP contribution in [0.5, 0.6) is 5.75 Å². The highest BCUT2D eigenvalue weighted by Gasteiger charge is 2.16. The molecular formula is C12H17BrN2O4. The van der Waals surface area contributed by atoms with Gasteiger partial charge >= 0.3 is 5.69 Å². The quantitative estimate of drug-likeness (QED) is 0.432. The molecule has 1 rings (SSSR count). The van der Waals surface area contributed by atoms with Gasteiger partial charge in [-0.2, -0.15) is 0 Å². The Balaban J connectivity index is 2.55. The third-order valence-corrected chi connectivity index (χ3v) is 2.85. The van der Waals surface area contributed by atoms with Crippen LogP contribution < -0.4 is 10.1 Å². The first-order chi connectivity index (χ1) is 9.04. The van der Waals surface area contributed by atoms with Gasteiger partial charge in [-0.3, -0.25) is 10.1 Å². The molecule has 0 aromatic heterocycles. The zero-order chi connectivity index (χ0) is 14.3. The van der Waals surface area contributed by atoms with Crippen LogP contribution in [-0.4, -0.2) is 35.8 Å². The summed E-state index contributed by atoms with van der Waals surface area (Å²) in [5.41, 5.74) is -0.122. The molecule has 0 fully saturated rings. The largest absolute Gasteiger partial charge is 0.484 e. The van der Waals surface area contributed by atoms with Crippen molar-refractivity contribution >= 4 is 21.6 Å². The zero-order valence-corrected chi connectivity index (χ0v) is 12.2. The van der Waals surface area contributed by atoms with Gasteiger partial charge in [0.2, 0.25) is 0 Å². The van der Waals surface area contributed by atoms with Crippen molar-refractivity contribution in [1.82, 2.24) is 5.32 Å². The molecule has 7 heteroatoms. The molecule has 6 nitrogen and oxygen atoms in total. The highest BCUT2D eigenvalue weighted by molar-refractivity contribution is 9.10. The maximum Gasteiger partial charge on any atom is 0.312 e. The molecule has 19 heavy (non-hydrogen) atoms. The number of aliphatic hydroxyl groups excluding tert-OH is 1. The Morgan fingerprint density at radius 2 is 2.32 bits per heavy atom. The molecule has 0 aliphatic carbocycles. The van der Waals surface area contributed by atoms with E-state index in [0.29, 0.717) is 11.0 Å². The molecule has 1 aromatic rings. The van der Waals surface area contributed by atoms with Crippen molar-refractivity contribution in [3.8, 4) is 5.75 Å². The van der Waals surface area contributed by atoms with E-state index in [9.17, 15) is 15.2 Å². The van der Waals surface area contributed by atoms with E-state index in [1.807, 2.05) is 6.92 Å². The zero-order valence-electron chi connectivity index (χ0n) is 10.6. The molecule has 2 N–H and O–H groups in total. The van der Waals surface area contributed by atoms with Gasteiger partial charge in [0.1, 0.15) is 12.7 Å². The lowest BCUT2D eigenvalue weighted by atomic mass is 10.3. The monoisotopic (exact) mass is 332 g/mol. The number of aliphatic hydroxyl groups is 1. The molecule has 0 saturated carbocycles. The molecule has 106 valence electrons. The van der Waals surface area contributed by atoms with Crippen LogP contribution in [0.2, 0.25) is 0 Å². The van der Waals surface area contributed by atoms with Gasteiger partial charge in [-0.15, -0.1) is 0 Å². The Morgan fingerprint density at radius 3 is 2.95 bits per heavy atom. The van der Waals surface area contributed by atoms with Crippen molar-refractivity contribution in [3.05, 3.63) is 32.8 Å². The lowest BCUT2D eigenvalue weighted by Crippen LogP contribution is -2.31. The summed E-state index contributed by atoms with van der Waals surface area (Å²) in [5, 5.41) is 23.6. The van der Waals surface area contributed by atoms with E-state index in [2.05, 4.69) is 21.2 Å².